The van der Waals surface area contributed by atoms with Crippen molar-refractivity contribution in [2.45, 2.75) is 45.4 Å². The number of likely N-dealkylation sites (tertiary alicyclic amines) is 1. The second kappa shape index (κ2) is 8.51. The number of esters is 1. The van der Waals surface area contributed by atoms with Crippen molar-refractivity contribution in [1.82, 2.24) is 9.80 Å². The number of rotatable bonds is 9. The Balaban J connectivity index is 1.74. The smallest absolute Gasteiger partial charge is 0.310 e. The molecule has 2 rings (SSSR count). The van der Waals surface area contributed by atoms with Gasteiger partial charge in [0.25, 0.3) is 0 Å². The largest absolute Gasteiger partial charge is 0.469 e. The lowest BCUT2D eigenvalue weighted by Gasteiger charge is -2.25. The molecule has 0 radical (unpaired) electrons. The predicted octanol–water partition coefficient (Wildman–Crippen LogP) is 1.91. The third-order valence-electron chi connectivity index (χ3n) is 4.69. The first kappa shape index (κ1) is 17.3. The topological polar surface area (TPSA) is 49.9 Å². The number of nitrogens with zero attached hydrogens (tertiary/aromatic N) is 2. The molecule has 0 aromatic carbocycles. The first-order chi connectivity index (χ1) is 10.6. The van der Waals surface area contributed by atoms with Crippen LogP contribution in [0, 0.1) is 11.8 Å². The lowest BCUT2D eigenvalue weighted by atomic mass is 10.1. The molecule has 1 atom stereocenters. The Morgan fingerprint density at radius 3 is 2.50 bits per heavy atom. The zero-order valence-corrected chi connectivity index (χ0v) is 14.1. The van der Waals surface area contributed by atoms with Crippen molar-refractivity contribution in [3.63, 3.8) is 0 Å². The number of methoxy groups -OCH3 is 1. The maximum absolute atomic E-state index is 12.4. The number of unbranched alkanes of at least 4 members (excludes halogenated alkanes) is 1. The molecule has 1 saturated heterocycles. The standard InChI is InChI=1S/C17H30N2O3/c1-14(17(21)22-2)13-19(16(20)15-7-8-15)12-6-5-11-18-9-3-4-10-18/h14-15H,3-13H2,1-2H3. The van der Waals surface area contributed by atoms with Crippen molar-refractivity contribution < 1.29 is 14.3 Å². The summed E-state index contributed by atoms with van der Waals surface area (Å²) in [6.07, 6.45) is 6.81. The first-order valence-electron chi connectivity index (χ1n) is 8.70. The molecule has 126 valence electrons. The van der Waals surface area contributed by atoms with Crippen LogP contribution in [-0.2, 0) is 14.3 Å². The average Bonchev–Trinajstić information content (AvgIpc) is 3.25. The summed E-state index contributed by atoms with van der Waals surface area (Å²) in [5.41, 5.74) is 0. The minimum atomic E-state index is -0.244. The lowest BCUT2D eigenvalue weighted by molar-refractivity contribution is -0.146. The molecule has 5 nitrogen and oxygen atoms in total. The Kier molecular flexibility index (Phi) is 6.68. The fourth-order valence-corrected chi connectivity index (χ4v) is 3.13. The maximum atomic E-state index is 12.4. The Hall–Kier alpha value is -1.10. The highest BCUT2D eigenvalue weighted by Crippen LogP contribution is 2.31. The lowest BCUT2D eigenvalue weighted by Crippen LogP contribution is -2.39. The predicted molar refractivity (Wildman–Crippen MR) is 85.4 cm³/mol. The van der Waals surface area contributed by atoms with Crippen molar-refractivity contribution >= 4 is 11.9 Å². The van der Waals surface area contributed by atoms with Crippen LogP contribution in [0.1, 0.15) is 45.4 Å². The summed E-state index contributed by atoms with van der Waals surface area (Å²) >= 11 is 0. The van der Waals surface area contributed by atoms with E-state index in [0.29, 0.717) is 6.54 Å². The quantitative estimate of drug-likeness (QED) is 0.482. The van der Waals surface area contributed by atoms with E-state index in [0.717, 1.165) is 38.8 Å². The number of carbonyl (C=O) groups excluding carboxylic acids is 2. The maximum Gasteiger partial charge on any atom is 0.310 e. The monoisotopic (exact) mass is 310 g/mol. The van der Waals surface area contributed by atoms with Crippen LogP contribution in [0.2, 0.25) is 0 Å². The Morgan fingerprint density at radius 1 is 1.23 bits per heavy atom. The molecular formula is C17H30N2O3. The van der Waals surface area contributed by atoms with Crippen LogP contribution in [0.5, 0.6) is 0 Å². The van der Waals surface area contributed by atoms with Gasteiger partial charge in [-0.2, -0.15) is 0 Å². The van der Waals surface area contributed by atoms with Crippen molar-refractivity contribution in [2.75, 3.05) is 39.8 Å². The molecule has 0 aromatic heterocycles. The van der Waals surface area contributed by atoms with Crippen molar-refractivity contribution in [3.05, 3.63) is 0 Å². The van der Waals surface area contributed by atoms with E-state index in [2.05, 4.69) is 4.90 Å². The van der Waals surface area contributed by atoms with Crippen molar-refractivity contribution in [3.8, 4) is 0 Å². The Bertz CT molecular complexity index is 376. The van der Waals surface area contributed by atoms with Gasteiger partial charge in [-0.05, 0) is 58.2 Å². The van der Waals surface area contributed by atoms with E-state index in [4.69, 9.17) is 4.74 Å². The minimum Gasteiger partial charge on any atom is -0.469 e. The summed E-state index contributed by atoms with van der Waals surface area (Å²) in [7, 11) is 1.40. The van der Waals surface area contributed by atoms with Crippen LogP contribution in [0.25, 0.3) is 0 Å². The number of ether oxygens (including phenoxy) is 1. The van der Waals surface area contributed by atoms with Crippen molar-refractivity contribution in [2.24, 2.45) is 11.8 Å². The van der Waals surface area contributed by atoms with Crippen LogP contribution < -0.4 is 0 Å². The van der Waals surface area contributed by atoms with Gasteiger partial charge in [0.05, 0.1) is 13.0 Å². The summed E-state index contributed by atoms with van der Waals surface area (Å²) in [6, 6.07) is 0. The van der Waals surface area contributed by atoms with E-state index < -0.39 is 0 Å². The molecule has 2 fully saturated rings. The summed E-state index contributed by atoms with van der Waals surface area (Å²) in [4.78, 5) is 28.4. The molecular weight excluding hydrogens is 280 g/mol. The molecule has 0 bridgehead atoms. The fourth-order valence-electron chi connectivity index (χ4n) is 3.13. The zero-order valence-electron chi connectivity index (χ0n) is 14.1. The van der Waals surface area contributed by atoms with Crippen LogP contribution in [0.15, 0.2) is 0 Å². The zero-order chi connectivity index (χ0) is 15.9. The fraction of sp³-hybridized carbons (Fsp3) is 0.882. The Labute approximate surface area is 134 Å². The highest BCUT2D eigenvalue weighted by atomic mass is 16.5. The second-order valence-corrected chi connectivity index (χ2v) is 6.74. The second-order valence-electron chi connectivity index (χ2n) is 6.74. The van der Waals surface area contributed by atoms with Gasteiger partial charge in [-0.1, -0.05) is 6.92 Å². The summed E-state index contributed by atoms with van der Waals surface area (Å²) < 4.78 is 4.78. The van der Waals surface area contributed by atoms with E-state index in [9.17, 15) is 9.59 Å². The molecule has 1 heterocycles. The van der Waals surface area contributed by atoms with Gasteiger partial charge in [-0.3, -0.25) is 9.59 Å². The Morgan fingerprint density at radius 2 is 1.91 bits per heavy atom. The molecule has 1 aliphatic carbocycles. The molecule has 0 aromatic rings. The molecule has 1 amide bonds. The number of amides is 1. The number of hydrogen-bond donors (Lipinski definition) is 0. The van der Waals surface area contributed by atoms with E-state index >= 15 is 0 Å². The van der Waals surface area contributed by atoms with E-state index in [1.165, 1.54) is 33.0 Å². The van der Waals surface area contributed by atoms with Gasteiger partial charge in [-0.25, -0.2) is 0 Å². The van der Waals surface area contributed by atoms with Crippen LogP contribution in [0.3, 0.4) is 0 Å². The van der Waals surface area contributed by atoms with Gasteiger partial charge in [0.2, 0.25) is 5.91 Å². The van der Waals surface area contributed by atoms with Gasteiger partial charge in [0.1, 0.15) is 0 Å². The van der Waals surface area contributed by atoms with E-state index in [-0.39, 0.29) is 23.7 Å². The van der Waals surface area contributed by atoms with Gasteiger partial charge < -0.3 is 14.5 Å². The highest BCUT2D eigenvalue weighted by molar-refractivity contribution is 5.82. The molecule has 0 spiro atoms. The van der Waals surface area contributed by atoms with Gasteiger partial charge in [-0.15, -0.1) is 0 Å². The molecule has 5 heteroatoms. The van der Waals surface area contributed by atoms with E-state index in [1.807, 2.05) is 11.8 Å². The normalized spacial score (nSPS) is 19.9. The van der Waals surface area contributed by atoms with Crippen LogP contribution in [-0.4, -0.2) is 61.5 Å². The summed E-state index contributed by atoms with van der Waals surface area (Å²) in [6.45, 7) is 6.69. The molecule has 1 saturated carbocycles. The molecule has 22 heavy (non-hydrogen) atoms. The van der Waals surface area contributed by atoms with Crippen molar-refractivity contribution in [1.29, 1.82) is 0 Å². The third-order valence-corrected chi connectivity index (χ3v) is 4.69. The molecule has 0 N–H and O–H groups in total. The van der Waals surface area contributed by atoms with Gasteiger partial charge in [0, 0.05) is 19.0 Å². The molecule has 1 unspecified atom stereocenters. The highest BCUT2D eigenvalue weighted by Gasteiger charge is 2.34. The SMILES string of the molecule is COC(=O)C(C)CN(CCCCN1CCCC1)C(=O)C1CC1. The van der Waals surface area contributed by atoms with Gasteiger partial charge >= 0.3 is 5.97 Å². The molecule has 1 aliphatic heterocycles. The minimum absolute atomic E-state index is 0.212. The number of carbonyl (C=O) groups is 2. The molecule has 2 aliphatic rings. The summed E-state index contributed by atoms with van der Waals surface area (Å²) in [5, 5.41) is 0. The van der Waals surface area contributed by atoms with Crippen LogP contribution in [0.4, 0.5) is 0 Å². The first-order valence-corrected chi connectivity index (χ1v) is 8.70. The van der Waals surface area contributed by atoms with E-state index in [1.54, 1.807) is 0 Å². The number of hydrogen-bond acceptors (Lipinski definition) is 4. The van der Waals surface area contributed by atoms with Crippen LogP contribution >= 0.6 is 0 Å². The third kappa shape index (κ3) is 5.27. The average molecular weight is 310 g/mol. The summed E-state index contributed by atoms with van der Waals surface area (Å²) in [5.74, 6) is -0.0303. The van der Waals surface area contributed by atoms with Gasteiger partial charge in [0.15, 0.2) is 0 Å².